The van der Waals surface area contributed by atoms with Gasteiger partial charge < -0.3 is 0 Å². The quantitative estimate of drug-likeness (QED) is 0.661. The molecule has 23 heavy (non-hydrogen) atoms. The molecule has 0 saturated heterocycles. The van der Waals surface area contributed by atoms with Crippen LogP contribution in [-0.2, 0) is 9.59 Å². The summed E-state index contributed by atoms with van der Waals surface area (Å²) in [4.78, 5) is 24.4. The van der Waals surface area contributed by atoms with Crippen molar-refractivity contribution < 1.29 is 9.59 Å². The van der Waals surface area contributed by atoms with Crippen LogP contribution in [0.3, 0.4) is 0 Å². The molecule has 0 heterocycles. The van der Waals surface area contributed by atoms with E-state index in [1.54, 1.807) is 0 Å². The lowest BCUT2D eigenvalue weighted by atomic mass is 9.47. The average molecular weight is 312 g/mol. The smallest absolute Gasteiger partial charge is 0.155 e. The molecule has 5 atom stereocenters. The van der Waals surface area contributed by atoms with Crippen molar-refractivity contribution in [3.8, 4) is 0 Å². The molecule has 2 heteroatoms. The second-order valence-corrected chi connectivity index (χ2v) is 8.51. The maximum absolute atomic E-state index is 12.5. The van der Waals surface area contributed by atoms with Gasteiger partial charge in [-0.3, -0.25) is 9.59 Å². The molecule has 0 radical (unpaired) electrons. The minimum absolute atomic E-state index is 0.0516. The van der Waals surface area contributed by atoms with Gasteiger partial charge in [-0.15, -0.1) is 0 Å². The number of ketones is 2. The van der Waals surface area contributed by atoms with Gasteiger partial charge in [0.15, 0.2) is 5.78 Å². The summed E-state index contributed by atoms with van der Waals surface area (Å²) in [6.07, 6.45) is 14.6. The predicted molar refractivity (Wildman–Crippen MR) is 90.9 cm³/mol. The van der Waals surface area contributed by atoms with E-state index in [-0.39, 0.29) is 10.8 Å². The minimum atomic E-state index is -0.0516. The first-order valence-electron chi connectivity index (χ1n) is 9.42. The van der Waals surface area contributed by atoms with Crippen LogP contribution >= 0.6 is 0 Å². The molecule has 4 aliphatic carbocycles. The highest BCUT2D eigenvalue weighted by atomic mass is 16.1. The summed E-state index contributed by atoms with van der Waals surface area (Å²) in [6.45, 7) is 4.35. The third-order valence-electron chi connectivity index (χ3n) is 7.74. The second-order valence-electron chi connectivity index (χ2n) is 8.51. The minimum Gasteiger partial charge on any atom is -0.299 e. The first kappa shape index (κ1) is 15.4. The van der Waals surface area contributed by atoms with Crippen molar-refractivity contribution in [3.63, 3.8) is 0 Å². The number of hydrogen-bond acceptors (Lipinski definition) is 2. The van der Waals surface area contributed by atoms with E-state index in [9.17, 15) is 9.59 Å². The highest BCUT2D eigenvalue weighted by molar-refractivity contribution is 5.92. The molecule has 0 amide bonds. The van der Waals surface area contributed by atoms with Crippen molar-refractivity contribution in [2.75, 3.05) is 0 Å². The zero-order chi connectivity index (χ0) is 16.2. The Morgan fingerprint density at radius 3 is 2.65 bits per heavy atom. The van der Waals surface area contributed by atoms with Crippen LogP contribution in [0.2, 0.25) is 0 Å². The van der Waals surface area contributed by atoms with Crippen LogP contribution in [0.15, 0.2) is 23.8 Å². The van der Waals surface area contributed by atoms with Gasteiger partial charge in [-0.1, -0.05) is 24.6 Å². The standard InChI is InChI=1S/C21H28O2/c1-3-10-21-12-8-15(22)13-14(21)4-5-16-17-6-7-19(23)20(17,2)11-9-18(16)21/h3,10,13,16-18H,4-9,11-12H2,1-2H3/t16-,17-,18-,20-,21-/m0/s1. The number of Topliss-reactive ketones (excluding diaryl/α,β-unsaturated/α-hetero) is 1. The van der Waals surface area contributed by atoms with Crippen molar-refractivity contribution in [2.45, 2.75) is 65.2 Å². The normalized spacial score (nSPS) is 46.3. The number of carbonyl (C=O) groups excluding carboxylic acids is 2. The summed E-state index contributed by atoms with van der Waals surface area (Å²) < 4.78 is 0. The molecule has 3 fully saturated rings. The lowest BCUT2D eigenvalue weighted by molar-refractivity contribution is -0.132. The third kappa shape index (κ3) is 1.99. The Morgan fingerprint density at radius 1 is 1.04 bits per heavy atom. The van der Waals surface area contributed by atoms with Crippen molar-refractivity contribution in [1.82, 2.24) is 0 Å². The fraction of sp³-hybridized carbons (Fsp3) is 0.714. The summed E-state index contributed by atoms with van der Waals surface area (Å²) in [5.41, 5.74) is 1.45. The molecule has 0 N–H and O–H groups in total. The van der Waals surface area contributed by atoms with Gasteiger partial charge in [-0.2, -0.15) is 0 Å². The van der Waals surface area contributed by atoms with Crippen molar-refractivity contribution in [2.24, 2.45) is 28.6 Å². The highest BCUT2D eigenvalue weighted by Gasteiger charge is 2.59. The lowest BCUT2D eigenvalue weighted by Gasteiger charge is -2.57. The number of allylic oxidation sites excluding steroid dienone is 3. The van der Waals surface area contributed by atoms with E-state index < -0.39 is 0 Å². The maximum atomic E-state index is 12.5. The Kier molecular flexibility index (Phi) is 3.44. The largest absolute Gasteiger partial charge is 0.299 e. The molecule has 0 aromatic carbocycles. The van der Waals surface area contributed by atoms with Crippen molar-refractivity contribution in [1.29, 1.82) is 0 Å². The Morgan fingerprint density at radius 2 is 1.87 bits per heavy atom. The summed E-state index contributed by atoms with van der Waals surface area (Å²) in [5.74, 6) is 2.71. The number of hydrogen-bond donors (Lipinski definition) is 0. The van der Waals surface area contributed by atoms with E-state index in [0.717, 1.165) is 38.5 Å². The molecular weight excluding hydrogens is 284 g/mol. The van der Waals surface area contributed by atoms with Crippen LogP contribution in [0.4, 0.5) is 0 Å². The topological polar surface area (TPSA) is 34.1 Å². The second kappa shape index (κ2) is 5.16. The summed E-state index contributed by atoms with van der Waals surface area (Å²) in [6, 6.07) is 0. The molecule has 0 aromatic rings. The van der Waals surface area contributed by atoms with Gasteiger partial charge in [0, 0.05) is 23.7 Å². The van der Waals surface area contributed by atoms with Crippen LogP contribution in [0.1, 0.15) is 65.2 Å². The van der Waals surface area contributed by atoms with E-state index in [2.05, 4.69) is 26.0 Å². The van der Waals surface area contributed by atoms with Gasteiger partial charge in [0.25, 0.3) is 0 Å². The Bertz CT molecular complexity index is 613. The van der Waals surface area contributed by atoms with E-state index in [0.29, 0.717) is 35.7 Å². The predicted octanol–water partition coefficient (Wildman–Crippen LogP) is 4.64. The lowest BCUT2D eigenvalue weighted by Crippen LogP contribution is -2.51. The Balaban J connectivity index is 1.76. The Hall–Kier alpha value is -1.18. The van der Waals surface area contributed by atoms with Gasteiger partial charge in [-0.05, 0) is 69.3 Å². The van der Waals surface area contributed by atoms with Gasteiger partial charge in [0.05, 0.1) is 0 Å². The molecule has 0 aliphatic heterocycles. The van der Waals surface area contributed by atoms with Gasteiger partial charge in [0.2, 0.25) is 0 Å². The summed E-state index contributed by atoms with van der Waals surface area (Å²) in [7, 11) is 0. The van der Waals surface area contributed by atoms with Crippen LogP contribution < -0.4 is 0 Å². The molecule has 3 saturated carbocycles. The van der Waals surface area contributed by atoms with Crippen LogP contribution in [0, 0.1) is 28.6 Å². The molecule has 4 rings (SSSR count). The fourth-order valence-electron chi connectivity index (χ4n) is 6.65. The highest BCUT2D eigenvalue weighted by Crippen LogP contribution is 2.64. The monoisotopic (exact) mass is 312 g/mol. The van der Waals surface area contributed by atoms with E-state index in [1.165, 1.54) is 12.0 Å². The van der Waals surface area contributed by atoms with Crippen LogP contribution in [-0.4, -0.2) is 11.6 Å². The summed E-state index contributed by atoms with van der Waals surface area (Å²) in [5, 5.41) is 0. The first-order chi connectivity index (χ1) is 11.0. The van der Waals surface area contributed by atoms with Crippen molar-refractivity contribution in [3.05, 3.63) is 23.8 Å². The maximum Gasteiger partial charge on any atom is 0.155 e. The Labute approximate surface area is 139 Å². The van der Waals surface area contributed by atoms with E-state index >= 15 is 0 Å². The summed E-state index contributed by atoms with van der Waals surface area (Å²) >= 11 is 0. The number of carbonyl (C=O) groups is 2. The average Bonchev–Trinajstić information content (AvgIpc) is 2.84. The fourth-order valence-corrected chi connectivity index (χ4v) is 6.65. The van der Waals surface area contributed by atoms with Gasteiger partial charge >= 0.3 is 0 Å². The molecule has 0 spiro atoms. The SMILES string of the molecule is CC=C[C@]12CCC(=O)C=C1CC[C@@H]1[C@@H]2CC[C@]2(C)C(=O)CC[C@@H]12. The molecule has 4 aliphatic rings. The third-order valence-corrected chi connectivity index (χ3v) is 7.74. The molecule has 124 valence electrons. The first-order valence-corrected chi connectivity index (χ1v) is 9.42. The molecule has 0 unspecified atom stereocenters. The van der Waals surface area contributed by atoms with Crippen LogP contribution in [0.5, 0.6) is 0 Å². The molecular formula is C21H28O2. The van der Waals surface area contributed by atoms with Gasteiger partial charge in [-0.25, -0.2) is 0 Å². The molecule has 2 nitrogen and oxygen atoms in total. The van der Waals surface area contributed by atoms with E-state index in [4.69, 9.17) is 0 Å². The van der Waals surface area contributed by atoms with E-state index in [1.807, 2.05) is 6.08 Å². The zero-order valence-electron chi connectivity index (χ0n) is 14.4. The zero-order valence-corrected chi connectivity index (χ0v) is 14.4. The van der Waals surface area contributed by atoms with Gasteiger partial charge in [0.1, 0.15) is 5.78 Å². The van der Waals surface area contributed by atoms with Crippen molar-refractivity contribution >= 4 is 11.6 Å². The molecule has 0 bridgehead atoms. The number of rotatable bonds is 1. The molecule has 0 aromatic heterocycles. The number of fused-ring (bicyclic) bond motifs is 5. The van der Waals surface area contributed by atoms with Crippen LogP contribution in [0.25, 0.3) is 0 Å².